The van der Waals surface area contributed by atoms with Crippen LogP contribution in [0.4, 0.5) is 0 Å². The van der Waals surface area contributed by atoms with Crippen molar-refractivity contribution in [2.45, 2.75) is 6.92 Å². The lowest BCUT2D eigenvalue weighted by molar-refractivity contribution is 0.112. The van der Waals surface area contributed by atoms with Crippen LogP contribution < -0.4 is 0 Å². The van der Waals surface area contributed by atoms with Crippen LogP contribution in [0.25, 0.3) is 5.69 Å². The highest BCUT2D eigenvalue weighted by Gasteiger charge is 2.03. The van der Waals surface area contributed by atoms with Crippen LogP contribution >= 0.6 is 0 Å². The van der Waals surface area contributed by atoms with Crippen LogP contribution in [0.5, 0.6) is 0 Å². The molecule has 2 heteroatoms. The Balaban J connectivity index is 2.53. The van der Waals surface area contributed by atoms with Gasteiger partial charge in [-0.2, -0.15) is 0 Å². The van der Waals surface area contributed by atoms with Gasteiger partial charge in [-0.3, -0.25) is 4.79 Å². The zero-order valence-corrected chi connectivity index (χ0v) is 7.97. The summed E-state index contributed by atoms with van der Waals surface area (Å²) >= 11 is 0. The predicted octanol–water partition coefficient (Wildman–Crippen LogP) is 2.60. The highest BCUT2D eigenvalue weighted by Crippen LogP contribution is 2.14. The second-order valence-corrected chi connectivity index (χ2v) is 3.18. The minimum absolute atomic E-state index is 0.744. The molecule has 0 spiro atoms. The molecule has 0 fully saturated rings. The molecule has 0 radical (unpaired) electrons. The summed E-state index contributed by atoms with van der Waals surface area (Å²) in [5.41, 5.74) is 2.80. The fourth-order valence-electron chi connectivity index (χ4n) is 1.52. The maximum absolute atomic E-state index is 10.7. The lowest BCUT2D eigenvalue weighted by Gasteiger charge is -2.05. The topological polar surface area (TPSA) is 22.0 Å². The van der Waals surface area contributed by atoms with E-state index in [0.29, 0.717) is 0 Å². The molecule has 1 aromatic heterocycles. The van der Waals surface area contributed by atoms with Gasteiger partial charge in [0.25, 0.3) is 0 Å². The average molecular weight is 185 g/mol. The minimum atomic E-state index is 0.744. The summed E-state index contributed by atoms with van der Waals surface area (Å²) in [7, 11) is 0. The summed E-state index contributed by atoms with van der Waals surface area (Å²) in [6.45, 7) is 1.94. The Morgan fingerprint density at radius 2 is 1.86 bits per heavy atom. The Hall–Kier alpha value is -1.83. The van der Waals surface area contributed by atoms with E-state index in [-0.39, 0.29) is 0 Å². The summed E-state index contributed by atoms with van der Waals surface area (Å²) in [6, 6.07) is 11.8. The lowest BCUT2D eigenvalue weighted by Crippen LogP contribution is -1.95. The quantitative estimate of drug-likeness (QED) is 0.659. The summed E-state index contributed by atoms with van der Waals surface area (Å²) < 4.78 is 2.00. The fraction of sp³-hybridized carbons (Fsp3) is 0.0833. The maximum atomic E-state index is 10.7. The molecule has 0 bridgehead atoms. The van der Waals surface area contributed by atoms with E-state index in [0.717, 1.165) is 23.2 Å². The molecule has 0 aliphatic carbocycles. The third-order valence-electron chi connectivity index (χ3n) is 2.34. The van der Waals surface area contributed by atoms with E-state index in [2.05, 4.69) is 0 Å². The molecule has 2 rings (SSSR count). The van der Waals surface area contributed by atoms with Crippen molar-refractivity contribution in [1.82, 2.24) is 4.57 Å². The molecule has 0 saturated heterocycles. The highest BCUT2D eigenvalue weighted by molar-refractivity contribution is 5.77. The Bertz CT molecular complexity index is 443. The Labute approximate surface area is 82.8 Å². The van der Waals surface area contributed by atoms with Gasteiger partial charge in [0, 0.05) is 23.1 Å². The van der Waals surface area contributed by atoms with Crippen molar-refractivity contribution >= 4 is 6.29 Å². The first-order chi connectivity index (χ1) is 6.83. The van der Waals surface area contributed by atoms with Gasteiger partial charge in [-0.05, 0) is 25.1 Å². The summed E-state index contributed by atoms with van der Waals surface area (Å²) in [6.07, 6.45) is 2.79. The molecule has 1 aromatic carbocycles. The van der Waals surface area contributed by atoms with Crippen LogP contribution in [0.1, 0.15) is 16.1 Å². The smallest absolute Gasteiger partial charge is 0.151 e. The van der Waals surface area contributed by atoms with E-state index in [1.54, 1.807) is 0 Å². The molecular weight excluding hydrogens is 174 g/mol. The van der Waals surface area contributed by atoms with E-state index in [9.17, 15) is 4.79 Å². The molecule has 1 heterocycles. The fourth-order valence-corrected chi connectivity index (χ4v) is 1.52. The molecule has 0 unspecified atom stereocenters. The molecule has 0 aliphatic heterocycles. The molecule has 0 amide bonds. The van der Waals surface area contributed by atoms with Crippen molar-refractivity contribution in [3.63, 3.8) is 0 Å². The van der Waals surface area contributed by atoms with Gasteiger partial charge in [-0.1, -0.05) is 18.2 Å². The van der Waals surface area contributed by atoms with Crippen LogP contribution in [0.15, 0.2) is 42.6 Å². The first-order valence-corrected chi connectivity index (χ1v) is 4.51. The zero-order valence-electron chi connectivity index (χ0n) is 7.97. The second kappa shape index (κ2) is 3.50. The van der Waals surface area contributed by atoms with Gasteiger partial charge < -0.3 is 4.57 Å². The van der Waals surface area contributed by atoms with Crippen molar-refractivity contribution in [2.75, 3.05) is 0 Å². The number of benzene rings is 1. The van der Waals surface area contributed by atoms with Gasteiger partial charge >= 0.3 is 0 Å². The Morgan fingerprint density at radius 3 is 2.43 bits per heavy atom. The number of carbonyl (C=O) groups excluding carboxylic acids is 1. The SMILES string of the molecule is Cc1c(C=O)ccn1-c1ccccc1. The molecular formula is C12H11NO. The normalized spacial score (nSPS) is 10.1. The number of hydrogen-bond acceptors (Lipinski definition) is 1. The standard InChI is InChI=1S/C12H11NO/c1-10-11(9-14)7-8-13(10)12-5-3-2-4-6-12/h2-9H,1H3. The van der Waals surface area contributed by atoms with Crippen LogP contribution in [0.3, 0.4) is 0 Å². The van der Waals surface area contributed by atoms with Crippen molar-refractivity contribution < 1.29 is 4.79 Å². The van der Waals surface area contributed by atoms with Crippen molar-refractivity contribution in [3.05, 3.63) is 53.9 Å². The highest BCUT2D eigenvalue weighted by atomic mass is 16.1. The number of aldehydes is 1. The molecule has 0 saturated carbocycles. The number of carbonyl (C=O) groups is 1. The van der Waals surface area contributed by atoms with E-state index < -0.39 is 0 Å². The molecule has 0 atom stereocenters. The molecule has 70 valence electrons. The maximum Gasteiger partial charge on any atom is 0.151 e. The monoisotopic (exact) mass is 185 g/mol. The lowest BCUT2D eigenvalue weighted by atomic mass is 10.3. The first-order valence-electron chi connectivity index (χ1n) is 4.51. The second-order valence-electron chi connectivity index (χ2n) is 3.18. The molecule has 2 nitrogen and oxygen atoms in total. The van der Waals surface area contributed by atoms with E-state index in [1.807, 2.05) is 54.1 Å². The average Bonchev–Trinajstić information content (AvgIpc) is 2.61. The summed E-state index contributed by atoms with van der Waals surface area (Å²) in [5, 5.41) is 0. The molecule has 2 aromatic rings. The van der Waals surface area contributed by atoms with Crippen molar-refractivity contribution in [3.8, 4) is 5.69 Å². The van der Waals surface area contributed by atoms with E-state index in [4.69, 9.17) is 0 Å². The Kier molecular flexibility index (Phi) is 2.19. The van der Waals surface area contributed by atoms with Crippen molar-refractivity contribution in [2.24, 2.45) is 0 Å². The number of hydrogen-bond donors (Lipinski definition) is 0. The van der Waals surface area contributed by atoms with Gasteiger partial charge in [0.15, 0.2) is 6.29 Å². The van der Waals surface area contributed by atoms with Crippen LogP contribution in [-0.2, 0) is 0 Å². The predicted molar refractivity (Wildman–Crippen MR) is 55.9 cm³/mol. The first kappa shape index (κ1) is 8.75. The zero-order chi connectivity index (χ0) is 9.97. The van der Waals surface area contributed by atoms with Gasteiger partial charge in [0.1, 0.15) is 0 Å². The number of aromatic nitrogens is 1. The number of para-hydroxylation sites is 1. The molecule has 0 N–H and O–H groups in total. The van der Waals surface area contributed by atoms with Gasteiger partial charge in [-0.15, -0.1) is 0 Å². The summed E-state index contributed by atoms with van der Waals surface area (Å²) in [4.78, 5) is 10.7. The third kappa shape index (κ3) is 1.35. The van der Waals surface area contributed by atoms with E-state index >= 15 is 0 Å². The number of nitrogens with zero attached hydrogens (tertiary/aromatic N) is 1. The van der Waals surface area contributed by atoms with Gasteiger partial charge in [0.2, 0.25) is 0 Å². The Morgan fingerprint density at radius 1 is 1.14 bits per heavy atom. The summed E-state index contributed by atoms with van der Waals surface area (Å²) in [5.74, 6) is 0. The molecule has 0 aliphatic rings. The van der Waals surface area contributed by atoms with E-state index in [1.165, 1.54) is 0 Å². The third-order valence-corrected chi connectivity index (χ3v) is 2.34. The minimum Gasteiger partial charge on any atom is -0.320 e. The van der Waals surface area contributed by atoms with Crippen molar-refractivity contribution in [1.29, 1.82) is 0 Å². The van der Waals surface area contributed by atoms with Crippen LogP contribution in [0.2, 0.25) is 0 Å². The van der Waals surface area contributed by atoms with Crippen LogP contribution in [-0.4, -0.2) is 10.9 Å². The van der Waals surface area contributed by atoms with Crippen LogP contribution in [0, 0.1) is 6.92 Å². The largest absolute Gasteiger partial charge is 0.320 e. The van der Waals surface area contributed by atoms with Gasteiger partial charge in [0.05, 0.1) is 0 Å². The molecule has 14 heavy (non-hydrogen) atoms. The number of rotatable bonds is 2. The van der Waals surface area contributed by atoms with Gasteiger partial charge in [-0.25, -0.2) is 0 Å².